The van der Waals surface area contributed by atoms with Gasteiger partial charge in [0.2, 0.25) is 17.7 Å². The number of hydrogen-bond donors (Lipinski definition) is 3. The van der Waals surface area contributed by atoms with Crippen molar-refractivity contribution in [3.05, 3.63) is 77.9 Å². The van der Waals surface area contributed by atoms with Gasteiger partial charge in [0, 0.05) is 13.0 Å². The molecule has 0 aliphatic rings. The molecule has 0 heterocycles. The van der Waals surface area contributed by atoms with Crippen LogP contribution < -0.4 is 16.4 Å². The summed E-state index contributed by atoms with van der Waals surface area (Å²) in [5.74, 6) is -2.87. The first kappa shape index (κ1) is 37.5. The highest BCUT2D eigenvalue weighted by atomic mass is 16.6. The number of alkyl carbamates (subject to hydrolysis) is 1. The lowest BCUT2D eigenvalue weighted by molar-refractivity contribution is -0.159. The summed E-state index contributed by atoms with van der Waals surface area (Å²) in [7, 11) is 0. The van der Waals surface area contributed by atoms with E-state index in [1.165, 1.54) is 4.90 Å². The normalized spacial score (nSPS) is 13.4. The van der Waals surface area contributed by atoms with E-state index in [0.29, 0.717) is 17.5 Å². The Labute approximate surface area is 271 Å². The molecule has 0 aliphatic carbocycles. The predicted molar refractivity (Wildman–Crippen MR) is 176 cm³/mol. The van der Waals surface area contributed by atoms with Gasteiger partial charge in [-0.15, -0.1) is 0 Å². The molecule has 4 N–H and O–H groups in total. The monoisotopic (exact) mass is 636 g/mol. The van der Waals surface area contributed by atoms with Crippen LogP contribution in [0.1, 0.15) is 84.0 Å². The van der Waals surface area contributed by atoms with Crippen molar-refractivity contribution in [1.82, 2.24) is 15.5 Å². The zero-order valence-electron chi connectivity index (χ0n) is 27.9. The lowest BCUT2D eigenvalue weighted by Gasteiger charge is -2.35. The molecule has 46 heavy (non-hydrogen) atoms. The molecule has 2 aromatic rings. The highest BCUT2D eigenvalue weighted by Crippen LogP contribution is 2.26. The zero-order chi connectivity index (χ0) is 34.7. The summed E-state index contributed by atoms with van der Waals surface area (Å²) in [6.07, 6.45) is 0.696. The molecule has 250 valence electrons. The molecule has 0 spiro atoms. The van der Waals surface area contributed by atoms with Gasteiger partial charge in [-0.05, 0) is 70.7 Å². The second-order valence-electron chi connectivity index (χ2n) is 13.0. The largest absolute Gasteiger partial charge is 0.458 e. The first-order valence-corrected chi connectivity index (χ1v) is 15.3. The number of rotatable bonds is 14. The summed E-state index contributed by atoms with van der Waals surface area (Å²) in [4.78, 5) is 68.0. The number of esters is 1. The number of primary amides is 1. The molecular formula is C35H48N4O7. The first-order valence-electron chi connectivity index (χ1n) is 15.3. The molecule has 0 saturated heterocycles. The van der Waals surface area contributed by atoms with Crippen LogP contribution in [0.15, 0.2) is 61.2 Å². The van der Waals surface area contributed by atoms with Gasteiger partial charge in [0.05, 0.1) is 6.42 Å². The lowest BCUT2D eigenvalue weighted by Crippen LogP contribution is -2.55. The molecule has 3 unspecified atom stereocenters. The molecule has 11 heteroatoms. The topological polar surface area (TPSA) is 157 Å². The number of nitrogens with one attached hydrogen (secondary N) is 2. The number of hydrogen-bond acceptors (Lipinski definition) is 7. The fourth-order valence-corrected chi connectivity index (χ4v) is 4.65. The Morgan fingerprint density at radius 3 is 2.07 bits per heavy atom. The highest BCUT2D eigenvalue weighted by Gasteiger charge is 2.38. The Bertz CT molecular complexity index is 1380. The minimum atomic E-state index is -1.43. The van der Waals surface area contributed by atoms with E-state index in [9.17, 15) is 24.0 Å². The Kier molecular flexibility index (Phi) is 13.5. The fourth-order valence-electron chi connectivity index (χ4n) is 4.65. The van der Waals surface area contributed by atoms with Gasteiger partial charge in [-0.1, -0.05) is 68.1 Å². The third kappa shape index (κ3) is 12.4. The van der Waals surface area contributed by atoms with Crippen LogP contribution in [0.5, 0.6) is 0 Å². The third-order valence-electron chi connectivity index (χ3n) is 6.45. The maximum Gasteiger partial charge on any atom is 0.408 e. The minimum Gasteiger partial charge on any atom is -0.458 e. The van der Waals surface area contributed by atoms with Crippen LogP contribution >= 0.6 is 0 Å². The number of benzene rings is 2. The van der Waals surface area contributed by atoms with Crippen molar-refractivity contribution in [3.8, 4) is 0 Å². The van der Waals surface area contributed by atoms with E-state index in [-0.39, 0.29) is 13.0 Å². The van der Waals surface area contributed by atoms with E-state index in [1.807, 2.05) is 37.3 Å². The van der Waals surface area contributed by atoms with Gasteiger partial charge in [0.15, 0.2) is 0 Å². The molecule has 0 bridgehead atoms. The molecular weight excluding hydrogens is 588 g/mol. The van der Waals surface area contributed by atoms with Gasteiger partial charge in [-0.25, -0.2) is 9.59 Å². The van der Waals surface area contributed by atoms with Gasteiger partial charge in [0.1, 0.15) is 29.3 Å². The van der Waals surface area contributed by atoms with Crippen LogP contribution in [0.4, 0.5) is 4.79 Å². The van der Waals surface area contributed by atoms with Crippen LogP contribution in [0, 0.1) is 0 Å². The number of carbonyl (C=O) groups excluding carboxylic acids is 5. The Hall–Kier alpha value is -4.67. The van der Waals surface area contributed by atoms with Gasteiger partial charge >= 0.3 is 12.1 Å². The standard InChI is InChI=1S/C35H48N4O7/c1-9-19-39(31(42)26(22-28(36)40)38-33(44)46-35(6,7)8)29(25-18-14-17-23(10-2)20-25)30(41)37-27(32(43)45-34(3,4)5)21-24-15-12-11-13-16-24/h10-18,20,26-27,29H,2,9,19,21-22H2,1,3-8H3,(H2,36,40)(H,37,41)(H,38,44). The van der Waals surface area contributed by atoms with Crippen LogP contribution in [0.25, 0.3) is 6.08 Å². The fraction of sp³-hybridized carbons (Fsp3) is 0.457. The van der Waals surface area contributed by atoms with Crippen molar-refractivity contribution in [2.45, 2.75) is 97.1 Å². The number of nitrogens with two attached hydrogens (primary N) is 1. The number of amides is 4. The Morgan fingerprint density at radius 2 is 1.52 bits per heavy atom. The highest BCUT2D eigenvalue weighted by molar-refractivity contribution is 5.95. The maximum absolute atomic E-state index is 14.3. The average molecular weight is 637 g/mol. The lowest BCUT2D eigenvalue weighted by atomic mass is 9.98. The van der Waals surface area contributed by atoms with Crippen LogP contribution in [0.2, 0.25) is 0 Å². The van der Waals surface area contributed by atoms with Crippen molar-refractivity contribution in [1.29, 1.82) is 0 Å². The van der Waals surface area contributed by atoms with Crippen molar-refractivity contribution >= 4 is 35.9 Å². The van der Waals surface area contributed by atoms with Crippen molar-refractivity contribution < 1.29 is 33.4 Å². The second kappa shape index (κ2) is 16.6. The quantitative estimate of drug-likeness (QED) is 0.259. The molecule has 4 amide bonds. The zero-order valence-corrected chi connectivity index (χ0v) is 27.9. The third-order valence-corrected chi connectivity index (χ3v) is 6.45. The predicted octanol–water partition coefficient (Wildman–Crippen LogP) is 4.45. The van der Waals surface area contributed by atoms with E-state index >= 15 is 0 Å². The Morgan fingerprint density at radius 1 is 0.891 bits per heavy atom. The van der Waals surface area contributed by atoms with Gasteiger partial charge < -0.3 is 30.7 Å². The smallest absolute Gasteiger partial charge is 0.408 e. The molecule has 3 atom stereocenters. The van der Waals surface area contributed by atoms with E-state index in [1.54, 1.807) is 71.9 Å². The maximum atomic E-state index is 14.3. The molecule has 2 aromatic carbocycles. The molecule has 11 nitrogen and oxygen atoms in total. The van der Waals surface area contributed by atoms with E-state index in [0.717, 1.165) is 5.56 Å². The number of carbonyl (C=O) groups is 5. The van der Waals surface area contributed by atoms with Gasteiger partial charge in [-0.2, -0.15) is 0 Å². The van der Waals surface area contributed by atoms with E-state index in [2.05, 4.69) is 17.2 Å². The molecule has 0 aromatic heterocycles. The van der Waals surface area contributed by atoms with E-state index in [4.69, 9.17) is 15.2 Å². The molecule has 0 aliphatic heterocycles. The summed E-state index contributed by atoms with van der Waals surface area (Å²) < 4.78 is 11.0. The first-order chi connectivity index (χ1) is 21.4. The van der Waals surface area contributed by atoms with Gasteiger partial charge in [-0.3, -0.25) is 14.4 Å². The summed E-state index contributed by atoms with van der Waals surface area (Å²) in [5, 5.41) is 5.29. The Balaban J connectivity index is 2.62. The molecule has 0 fully saturated rings. The minimum absolute atomic E-state index is 0.0658. The van der Waals surface area contributed by atoms with Crippen LogP contribution in [-0.4, -0.2) is 64.5 Å². The number of nitrogens with zero attached hydrogens (tertiary/aromatic N) is 1. The summed E-state index contributed by atoms with van der Waals surface area (Å²) in [5.41, 5.74) is 5.67. The average Bonchev–Trinajstić information content (AvgIpc) is 2.94. The van der Waals surface area contributed by atoms with Crippen LogP contribution in [0.3, 0.4) is 0 Å². The summed E-state index contributed by atoms with van der Waals surface area (Å²) in [6, 6.07) is 12.2. The van der Waals surface area contributed by atoms with Crippen molar-refractivity contribution in [3.63, 3.8) is 0 Å². The van der Waals surface area contributed by atoms with Crippen molar-refractivity contribution in [2.24, 2.45) is 5.73 Å². The van der Waals surface area contributed by atoms with Crippen molar-refractivity contribution in [2.75, 3.05) is 6.54 Å². The molecule has 0 radical (unpaired) electrons. The van der Waals surface area contributed by atoms with E-state index < -0.39 is 65.5 Å². The van der Waals surface area contributed by atoms with Gasteiger partial charge in [0.25, 0.3) is 0 Å². The molecule has 0 saturated carbocycles. The number of ether oxygens (including phenoxy) is 2. The summed E-state index contributed by atoms with van der Waals surface area (Å²) in [6.45, 7) is 15.9. The van der Waals surface area contributed by atoms with Crippen LogP contribution in [-0.2, 0) is 35.1 Å². The SMILES string of the molecule is C=Cc1cccc(C(C(=O)NC(Cc2ccccc2)C(=O)OC(C)(C)C)N(CCC)C(=O)C(CC(N)=O)NC(=O)OC(C)(C)C)c1. The second-order valence-corrected chi connectivity index (χ2v) is 13.0. The summed E-state index contributed by atoms with van der Waals surface area (Å²) >= 11 is 0. The molecule has 2 rings (SSSR count).